The van der Waals surface area contributed by atoms with Crippen molar-refractivity contribution in [2.45, 2.75) is 25.7 Å². The number of rotatable bonds is 4. The Bertz CT molecular complexity index is 531. The Hall–Kier alpha value is -1.54. The first-order valence-corrected chi connectivity index (χ1v) is 7.04. The van der Waals surface area contributed by atoms with Crippen LogP contribution in [-0.2, 0) is 4.79 Å². The molecule has 1 aromatic carbocycles. The fourth-order valence-corrected chi connectivity index (χ4v) is 2.91. The van der Waals surface area contributed by atoms with E-state index in [1.807, 2.05) is 6.07 Å². The number of hydrogen-bond donors (Lipinski definition) is 2. The molecule has 0 unspecified atom stereocenters. The molecule has 1 aliphatic carbocycles. The minimum Gasteiger partial charge on any atom is -0.481 e. The highest BCUT2D eigenvalue weighted by atomic mass is 79.9. The van der Waals surface area contributed by atoms with Gasteiger partial charge in [-0.1, -0.05) is 28.8 Å². The average molecular weight is 323 g/mol. The highest BCUT2D eigenvalue weighted by Crippen LogP contribution is 2.38. The summed E-state index contributed by atoms with van der Waals surface area (Å²) in [5.41, 5.74) is 0.533. The van der Waals surface area contributed by atoms with Crippen molar-refractivity contribution in [1.29, 1.82) is 5.26 Å². The predicted molar refractivity (Wildman–Crippen MR) is 75.9 cm³/mol. The van der Waals surface area contributed by atoms with E-state index in [0.29, 0.717) is 30.6 Å². The Morgan fingerprint density at radius 1 is 1.47 bits per heavy atom. The number of benzene rings is 1. The second kappa shape index (κ2) is 5.62. The van der Waals surface area contributed by atoms with Crippen LogP contribution in [0.4, 0.5) is 5.69 Å². The van der Waals surface area contributed by atoms with Crippen LogP contribution in [-0.4, -0.2) is 17.6 Å². The lowest BCUT2D eigenvalue weighted by Crippen LogP contribution is -2.35. The van der Waals surface area contributed by atoms with Crippen LogP contribution in [0.3, 0.4) is 0 Å². The number of nitrogens with zero attached hydrogens (tertiary/aromatic N) is 1. The summed E-state index contributed by atoms with van der Waals surface area (Å²) in [5, 5.41) is 21.6. The zero-order valence-corrected chi connectivity index (χ0v) is 12.0. The van der Waals surface area contributed by atoms with E-state index in [1.165, 1.54) is 0 Å². The molecule has 1 saturated carbocycles. The summed E-state index contributed by atoms with van der Waals surface area (Å²) < 4.78 is 0.836. The van der Waals surface area contributed by atoms with Gasteiger partial charge in [0.15, 0.2) is 0 Å². The molecule has 0 amide bonds. The van der Waals surface area contributed by atoms with Crippen LogP contribution < -0.4 is 5.32 Å². The molecule has 1 fully saturated rings. The SMILES string of the molecule is N#Cc1cc(Br)ccc1NCC1(C(=O)O)CCCC1. The second-order valence-corrected chi connectivity index (χ2v) is 5.86. The molecule has 19 heavy (non-hydrogen) atoms. The highest BCUT2D eigenvalue weighted by Gasteiger charge is 2.41. The molecule has 0 radical (unpaired) electrons. The van der Waals surface area contributed by atoms with Gasteiger partial charge in [0.05, 0.1) is 16.7 Å². The van der Waals surface area contributed by atoms with Crippen LogP contribution in [0.15, 0.2) is 22.7 Å². The number of carboxylic acid groups (broad SMARTS) is 1. The van der Waals surface area contributed by atoms with Gasteiger partial charge in [0, 0.05) is 11.0 Å². The molecular weight excluding hydrogens is 308 g/mol. The molecule has 0 spiro atoms. The molecule has 0 heterocycles. The monoisotopic (exact) mass is 322 g/mol. The van der Waals surface area contributed by atoms with Crippen LogP contribution in [0.2, 0.25) is 0 Å². The van der Waals surface area contributed by atoms with Gasteiger partial charge in [-0.2, -0.15) is 5.26 Å². The van der Waals surface area contributed by atoms with Crippen molar-refractivity contribution < 1.29 is 9.90 Å². The number of hydrogen-bond acceptors (Lipinski definition) is 3. The summed E-state index contributed by atoms with van der Waals surface area (Å²) in [6, 6.07) is 7.48. The molecule has 0 saturated heterocycles. The van der Waals surface area contributed by atoms with Crippen molar-refractivity contribution in [1.82, 2.24) is 0 Å². The lowest BCUT2D eigenvalue weighted by Gasteiger charge is -2.24. The number of carbonyl (C=O) groups is 1. The van der Waals surface area contributed by atoms with Crippen LogP contribution >= 0.6 is 15.9 Å². The third-order valence-corrected chi connectivity index (χ3v) is 4.23. The third-order valence-electron chi connectivity index (χ3n) is 3.73. The van der Waals surface area contributed by atoms with Gasteiger partial charge in [0.1, 0.15) is 6.07 Å². The van der Waals surface area contributed by atoms with Gasteiger partial charge in [-0.25, -0.2) is 0 Å². The molecule has 2 N–H and O–H groups in total. The zero-order valence-electron chi connectivity index (χ0n) is 10.4. The summed E-state index contributed by atoms with van der Waals surface area (Å²) in [6.45, 7) is 0.374. The summed E-state index contributed by atoms with van der Waals surface area (Å²) >= 11 is 3.32. The normalized spacial score (nSPS) is 16.8. The molecule has 0 aliphatic heterocycles. The van der Waals surface area contributed by atoms with Crippen molar-refractivity contribution in [2.75, 3.05) is 11.9 Å². The van der Waals surface area contributed by atoms with Gasteiger partial charge >= 0.3 is 5.97 Å². The number of nitriles is 1. The molecule has 0 bridgehead atoms. The summed E-state index contributed by atoms with van der Waals surface area (Å²) in [6.07, 6.45) is 3.32. The molecule has 5 heteroatoms. The van der Waals surface area contributed by atoms with Crippen LogP contribution in [0, 0.1) is 16.7 Å². The van der Waals surface area contributed by atoms with E-state index in [9.17, 15) is 9.90 Å². The topological polar surface area (TPSA) is 73.1 Å². The Balaban J connectivity index is 2.14. The summed E-state index contributed by atoms with van der Waals surface area (Å²) in [5.74, 6) is -0.742. The number of carboxylic acids is 1. The van der Waals surface area contributed by atoms with Crippen molar-refractivity contribution in [2.24, 2.45) is 5.41 Å². The van der Waals surface area contributed by atoms with E-state index in [4.69, 9.17) is 5.26 Å². The van der Waals surface area contributed by atoms with Crippen molar-refractivity contribution >= 4 is 27.6 Å². The first-order chi connectivity index (χ1) is 9.07. The first-order valence-electron chi connectivity index (χ1n) is 6.24. The highest BCUT2D eigenvalue weighted by molar-refractivity contribution is 9.10. The second-order valence-electron chi connectivity index (χ2n) is 4.95. The number of anilines is 1. The number of aliphatic carboxylic acids is 1. The summed E-state index contributed by atoms with van der Waals surface area (Å²) in [7, 11) is 0. The van der Waals surface area contributed by atoms with E-state index >= 15 is 0 Å². The van der Waals surface area contributed by atoms with Crippen LogP contribution in [0.25, 0.3) is 0 Å². The van der Waals surface area contributed by atoms with Crippen LogP contribution in [0.5, 0.6) is 0 Å². The minimum atomic E-state index is -0.742. The Labute approximate surface area is 120 Å². The average Bonchev–Trinajstić information content (AvgIpc) is 2.87. The fraction of sp³-hybridized carbons (Fsp3) is 0.429. The Kier molecular flexibility index (Phi) is 4.11. The molecule has 0 atom stereocenters. The molecule has 4 nitrogen and oxygen atoms in total. The zero-order chi connectivity index (χ0) is 13.9. The molecule has 1 aromatic rings. The third kappa shape index (κ3) is 2.90. The van der Waals surface area contributed by atoms with Gasteiger partial charge in [-0.3, -0.25) is 4.79 Å². The summed E-state index contributed by atoms with van der Waals surface area (Å²) in [4.78, 5) is 11.4. The fourth-order valence-electron chi connectivity index (χ4n) is 2.55. The minimum absolute atomic E-state index is 0.374. The van der Waals surface area contributed by atoms with Gasteiger partial charge in [-0.05, 0) is 31.0 Å². The maximum atomic E-state index is 11.4. The van der Waals surface area contributed by atoms with Crippen LogP contribution in [0.1, 0.15) is 31.2 Å². The first kappa shape index (κ1) is 13.9. The van der Waals surface area contributed by atoms with E-state index in [-0.39, 0.29) is 0 Å². The number of nitrogens with one attached hydrogen (secondary N) is 1. The van der Waals surface area contributed by atoms with E-state index in [1.54, 1.807) is 12.1 Å². The van der Waals surface area contributed by atoms with Crippen molar-refractivity contribution in [3.05, 3.63) is 28.2 Å². The predicted octanol–water partition coefficient (Wildman–Crippen LogP) is 3.38. The van der Waals surface area contributed by atoms with E-state index < -0.39 is 11.4 Å². The smallest absolute Gasteiger partial charge is 0.311 e. The van der Waals surface area contributed by atoms with E-state index in [2.05, 4.69) is 27.3 Å². The Morgan fingerprint density at radius 3 is 2.74 bits per heavy atom. The quantitative estimate of drug-likeness (QED) is 0.891. The molecule has 1 aliphatic rings. The Morgan fingerprint density at radius 2 is 2.16 bits per heavy atom. The molecule has 2 rings (SSSR count). The van der Waals surface area contributed by atoms with Gasteiger partial charge in [0.25, 0.3) is 0 Å². The van der Waals surface area contributed by atoms with Crippen molar-refractivity contribution in [3.63, 3.8) is 0 Å². The lowest BCUT2D eigenvalue weighted by molar-refractivity contribution is -0.147. The van der Waals surface area contributed by atoms with E-state index in [0.717, 1.165) is 17.3 Å². The number of halogens is 1. The van der Waals surface area contributed by atoms with Gasteiger partial charge in [0.2, 0.25) is 0 Å². The van der Waals surface area contributed by atoms with Gasteiger partial charge in [-0.15, -0.1) is 0 Å². The standard InChI is InChI=1S/C14H15BrN2O2/c15-11-3-4-12(10(7-11)8-16)17-9-14(13(18)19)5-1-2-6-14/h3-4,7,17H,1-2,5-6,9H2,(H,18,19). The molecular formula is C14H15BrN2O2. The molecule has 100 valence electrons. The maximum Gasteiger partial charge on any atom is 0.311 e. The lowest BCUT2D eigenvalue weighted by atomic mass is 9.86. The van der Waals surface area contributed by atoms with Crippen molar-refractivity contribution in [3.8, 4) is 6.07 Å². The maximum absolute atomic E-state index is 11.4. The molecule has 0 aromatic heterocycles. The largest absolute Gasteiger partial charge is 0.481 e. The van der Waals surface area contributed by atoms with Gasteiger partial charge < -0.3 is 10.4 Å².